The van der Waals surface area contributed by atoms with Gasteiger partial charge in [-0.3, -0.25) is 0 Å². The number of fused-ring (bicyclic) bond motifs is 3. The Morgan fingerprint density at radius 1 is 0.667 bits per heavy atom. The van der Waals surface area contributed by atoms with Gasteiger partial charge in [-0.1, -0.05) is 48.5 Å². The minimum Gasteiger partial charge on any atom is -0.192 e. The molecular formula is C23H24N+. The van der Waals surface area contributed by atoms with Crippen LogP contribution in [-0.2, 0) is 11.0 Å². The van der Waals surface area contributed by atoms with E-state index in [0.29, 0.717) is 0 Å². The van der Waals surface area contributed by atoms with Crippen molar-refractivity contribution in [2.24, 2.45) is 0 Å². The molecule has 0 amide bonds. The predicted octanol–water partition coefficient (Wildman–Crippen LogP) is 5.33. The second-order valence-electron chi connectivity index (χ2n) is 7.77. The summed E-state index contributed by atoms with van der Waals surface area (Å²) in [6, 6.07) is 24.0. The number of benzene rings is 2. The smallest absolute Gasteiger partial charge is 0.192 e. The fourth-order valence-corrected chi connectivity index (χ4v) is 3.87. The molecule has 0 saturated carbocycles. The van der Waals surface area contributed by atoms with Crippen LogP contribution in [0.4, 0.5) is 0 Å². The Morgan fingerprint density at radius 2 is 1.33 bits per heavy atom. The van der Waals surface area contributed by atoms with E-state index in [4.69, 9.17) is 0 Å². The summed E-state index contributed by atoms with van der Waals surface area (Å²) in [5, 5.41) is 0. The van der Waals surface area contributed by atoms with Crippen molar-refractivity contribution in [3.8, 4) is 22.4 Å². The highest BCUT2D eigenvalue weighted by Crippen LogP contribution is 2.45. The summed E-state index contributed by atoms with van der Waals surface area (Å²) in [4.78, 5) is 0. The predicted molar refractivity (Wildman–Crippen MR) is 99.9 cm³/mol. The molecule has 1 heteroatoms. The van der Waals surface area contributed by atoms with E-state index in [-0.39, 0.29) is 11.0 Å². The van der Waals surface area contributed by atoms with Gasteiger partial charge < -0.3 is 0 Å². The van der Waals surface area contributed by atoms with Crippen molar-refractivity contribution < 1.29 is 4.57 Å². The maximum atomic E-state index is 2.47. The monoisotopic (exact) mass is 314 g/mol. The van der Waals surface area contributed by atoms with Gasteiger partial charge in [-0.05, 0) is 37.1 Å². The van der Waals surface area contributed by atoms with Crippen molar-refractivity contribution in [3.63, 3.8) is 0 Å². The molecule has 0 spiro atoms. The van der Waals surface area contributed by atoms with Crippen molar-refractivity contribution in [3.05, 3.63) is 78.5 Å². The highest BCUT2D eigenvalue weighted by molar-refractivity contribution is 5.68. The number of nitrogens with zero attached hydrogens (tertiary/aromatic N) is 1. The molecular weight excluding hydrogens is 290 g/mol. The van der Waals surface area contributed by atoms with Crippen LogP contribution in [0.25, 0.3) is 22.4 Å². The van der Waals surface area contributed by atoms with Gasteiger partial charge in [0.05, 0.1) is 11.0 Å². The van der Waals surface area contributed by atoms with Crippen LogP contribution in [-0.4, -0.2) is 0 Å². The number of hydrogen-bond acceptors (Lipinski definition) is 0. The average molecular weight is 314 g/mol. The SMILES string of the molecule is CC1(C)c2ccccc2-c2ccc(-c3ccccc3)c[n+]2C1(C)C. The van der Waals surface area contributed by atoms with Crippen LogP contribution in [0.5, 0.6) is 0 Å². The summed E-state index contributed by atoms with van der Waals surface area (Å²) >= 11 is 0. The van der Waals surface area contributed by atoms with Crippen molar-refractivity contribution >= 4 is 0 Å². The summed E-state index contributed by atoms with van der Waals surface area (Å²) in [6.45, 7) is 9.41. The summed E-state index contributed by atoms with van der Waals surface area (Å²) < 4.78 is 2.47. The van der Waals surface area contributed by atoms with E-state index in [9.17, 15) is 0 Å². The third kappa shape index (κ3) is 1.97. The van der Waals surface area contributed by atoms with Crippen LogP contribution >= 0.6 is 0 Å². The van der Waals surface area contributed by atoms with Crippen molar-refractivity contribution in [1.29, 1.82) is 0 Å². The summed E-state index contributed by atoms with van der Waals surface area (Å²) in [6.07, 6.45) is 2.32. The molecule has 0 bridgehead atoms. The van der Waals surface area contributed by atoms with E-state index in [1.165, 1.54) is 27.9 Å². The molecule has 0 fully saturated rings. The Morgan fingerprint density at radius 3 is 2.08 bits per heavy atom. The maximum Gasteiger partial charge on any atom is 0.213 e. The maximum absolute atomic E-state index is 2.47. The Kier molecular flexibility index (Phi) is 3.18. The fourth-order valence-electron chi connectivity index (χ4n) is 3.87. The van der Waals surface area contributed by atoms with Gasteiger partial charge >= 0.3 is 0 Å². The molecule has 0 atom stereocenters. The van der Waals surface area contributed by atoms with Crippen LogP contribution < -0.4 is 4.57 Å². The Hall–Kier alpha value is -2.41. The molecule has 0 unspecified atom stereocenters. The second-order valence-corrected chi connectivity index (χ2v) is 7.77. The van der Waals surface area contributed by atoms with Gasteiger partial charge in [-0.25, -0.2) is 0 Å². The zero-order chi connectivity index (χ0) is 16.9. The Balaban J connectivity index is 2.00. The summed E-state index contributed by atoms with van der Waals surface area (Å²) in [5.41, 5.74) is 6.65. The second kappa shape index (κ2) is 5.04. The normalized spacial score (nSPS) is 17.0. The first-order valence-corrected chi connectivity index (χ1v) is 8.64. The summed E-state index contributed by atoms with van der Waals surface area (Å²) in [5.74, 6) is 0. The largest absolute Gasteiger partial charge is 0.213 e. The average Bonchev–Trinajstić information content (AvgIpc) is 2.61. The quantitative estimate of drug-likeness (QED) is 0.534. The van der Waals surface area contributed by atoms with Crippen LogP contribution in [0.3, 0.4) is 0 Å². The highest BCUT2D eigenvalue weighted by atomic mass is 15.1. The van der Waals surface area contributed by atoms with Gasteiger partial charge in [0.15, 0.2) is 11.7 Å². The molecule has 2 heterocycles. The van der Waals surface area contributed by atoms with Crippen LogP contribution in [0, 0.1) is 0 Å². The molecule has 0 saturated heterocycles. The fraction of sp³-hybridized carbons (Fsp3) is 0.261. The highest BCUT2D eigenvalue weighted by Gasteiger charge is 2.52. The van der Waals surface area contributed by atoms with Crippen molar-refractivity contribution in [2.75, 3.05) is 0 Å². The first kappa shape index (κ1) is 15.1. The molecule has 4 rings (SSSR count). The molecule has 1 nitrogen and oxygen atoms in total. The van der Waals surface area contributed by atoms with Crippen LogP contribution in [0.15, 0.2) is 72.9 Å². The number of aromatic nitrogens is 1. The molecule has 0 aliphatic carbocycles. The lowest BCUT2D eigenvalue weighted by atomic mass is 9.65. The lowest BCUT2D eigenvalue weighted by Crippen LogP contribution is -2.65. The Labute approximate surface area is 144 Å². The zero-order valence-electron chi connectivity index (χ0n) is 14.9. The van der Waals surface area contributed by atoms with E-state index < -0.39 is 0 Å². The first-order valence-electron chi connectivity index (χ1n) is 8.64. The molecule has 0 radical (unpaired) electrons. The first-order chi connectivity index (χ1) is 11.4. The molecule has 3 aromatic rings. The van der Waals surface area contributed by atoms with Gasteiger partial charge in [-0.2, -0.15) is 4.57 Å². The third-order valence-corrected chi connectivity index (χ3v) is 6.06. The molecule has 120 valence electrons. The van der Waals surface area contributed by atoms with Crippen LogP contribution in [0.2, 0.25) is 0 Å². The molecule has 1 aliphatic rings. The molecule has 0 N–H and O–H groups in total. The lowest BCUT2D eigenvalue weighted by molar-refractivity contribution is -0.759. The van der Waals surface area contributed by atoms with Gasteiger partial charge in [0.25, 0.3) is 0 Å². The van der Waals surface area contributed by atoms with Crippen molar-refractivity contribution in [2.45, 2.75) is 38.6 Å². The van der Waals surface area contributed by atoms with Gasteiger partial charge in [0, 0.05) is 25.5 Å². The van der Waals surface area contributed by atoms with Crippen molar-refractivity contribution in [1.82, 2.24) is 0 Å². The number of pyridine rings is 1. The van der Waals surface area contributed by atoms with E-state index in [1.807, 2.05) is 0 Å². The molecule has 1 aromatic heterocycles. The standard InChI is InChI=1S/C23H24N/c1-22(2)20-13-9-8-12-19(20)21-15-14-18(16-24(21)23(22,3)4)17-10-6-5-7-11-17/h5-16H,1-4H3/q+1. The van der Waals surface area contributed by atoms with Gasteiger partial charge in [-0.15, -0.1) is 0 Å². The lowest BCUT2D eigenvalue weighted by Gasteiger charge is -2.42. The van der Waals surface area contributed by atoms with E-state index in [1.54, 1.807) is 0 Å². The minimum absolute atomic E-state index is 0.0124. The van der Waals surface area contributed by atoms with Crippen LogP contribution in [0.1, 0.15) is 33.3 Å². The van der Waals surface area contributed by atoms with E-state index in [2.05, 4.69) is 105 Å². The van der Waals surface area contributed by atoms with E-state index >= 15 is 0 Å². The van der Waals surface area contributed by atoms with Gasteiger partial charge in [0.2, 0.25) is 5.69 Å². The summed E-state index contributed by atoms with van der Waals surface area (Å²) in [7, 11) is 0. The molecule has 24 heavy (non-hydrogen) atoms. The molecule has 2 aromatic carbocycles. The zero-order valence-corrected chi connectivity index (χ0v) is 14.9. The van der Waals surface area contributed by atoms with E-state index in [0.717, 1.165) is 0 Å². The van der Waals surface area contributed by atoms with Gasteiger partial charge in [0.1, 0.15) is 0 Å². The Bertz CT molecular complexity index is 904. The third-order valence-electron chi connectivity index (χ3n) is 6.06. The molecule has 1 aliphatic heterocycles. The number of hydrogen-bond donors (Lipinski definition) is 0. The topological polar surface area (TPSA) is 3.88 Å². The minimum atomic E-state index is -0.0124. The number of rotatable bonds is 1.